The van der Waals surface area contributed by atoms with E-state index < -0.39 is 4.92 Å². The summed E-state index contributed by atoms with van der Waals surface area (Å²) in [7, 11) is 3.98. The summed E-state index contributed by atoms with van der Waals surface area (Å²) >= 11 is 5.81. The van der Waals surface area contributed by atoms with E-state index in [0.717, 1.165) is 13.0 Å². The molecule has 6 heteroatoms. The highest BCUT2D eigenvalue weighted by Gasteiger charge is 2.13. The molecule has 0 aliphatic rings. The van der Waals surface area contributed by atoms with Crippen LogP contribution in [0.1, 0.15) is 6.42 Å². The molecule has 0 heterocycles. The fourth-order valence-corrected chi connectivity index (χ4v) is 1.60. The van der Waals surface area contributed by atoms with Crippen LogP contribution >= 0.6 is 11.6 Å². The third kappa shape index (κ3) is 4.58. The van der Waals surface area contributed by atoms with Crippen LogP contribution in [-0.4, -0.2) is 37.0 Å². The van der Waals surface area contributed by atoms with Crippen LogP contribution in [0.15, 0.2) is 18.2 Å². The fourth-order valence-electron chi connectivity index (χ4n) is 1.43. The van der Waals surface area contributed by atoms with Crippen molar-refractivity contribution in [2.45, 2.75) is 6.42 Å². The van der Waals surface area contributed by atoms with E-state index in [0.29, 0.717) is 17.3 Å². The Bertz CT molecular complexity index is 396. The molecule has 0 aliphatic carbocycles. The molecule has 1 aromatic carbocycles. The molecule has 0 spiro atoms. The van der Waals surface area contributed by atoms with Gasteiger partial charge in [0.25, 0.3) is 5.69 Å². The van der Waals surface area contributed by atoms with E-state index in [1.54, 1.807) is 6.07 Å². The van der Waals surface area contributed by atoms with E-state index in [2.05, 4.69) is 10.2 Å². The second kappa shape index (κ2) is 6.42. The SMILES string of the molecule is CN(C)CCCNc1cc(Cl)ccc1[N+](=O)[O-]. The van der Waals surface area contributed by atoms with Gasteiger partial charge >= 0.3 is 0 Å². The minimum absolute atomic E-state index is 0.0549. The van der Waals surface area contributed by atoms with Gasteiger partial charge < -0.3 is 10.2 Å². The van der Waals surface area contributed by atoms with Crippen molar-refractivity contribution in [3.63, 3.8) is 0 Å². The van der Waals surface area contributed by atoms with Crippen LogP contribution < -0.4 is 5.32 Å². The average molecular weight is 258 g/mol. The van der Waals surface area contributed by atoms with Crippen molar-refractivity contribution in [2.24, 2.45) is 0 Å². The number of nitrogens with zero attached hydrogens (tertiary/aromatic N) is 2. The molecule has 94 valence electrons. The Morgan fingerprint density at radius 1 is 1.47 bits per heavy atom. The Hall–Kier alpha value is -1.33. The number of benzene rings is 1. The summed E-state index contributed by atoms with van der Waals surface area (Å²) in [6.07, 6.45) is 0.913. The molecule has 0 aliphatic heterocycles. The Kier molecular flexibility index (Phi) is 5.18. The molecule has 0 unspecified atom stereocenters. The summed E-state index contributed by atoms with van der Waals surface area (Å²) in [5.74, 6) is 0. The van der Waals surface area contributed by atoms with Gasteiger partial charge in [-0.25, -0.2) is 0 Å². The van der Waals surface area contributed by atoms with E-state index in [1.165, 1.54) is 12.1 Å². The van der Waals surface area contributed by atoms with E-state index >= 15 is 0 Å². The van der Waals surface area contributed by atoms with Crippen LogP contribution in [0.2, 0.25) is 5.02 Å². The number of nitro benzene ring substituents is 1. The summed E-state index contributed by atoms with van der Waals surface area (Å²) < 4.78 is 0. The topological polar surface area (TPSA) is 58.4 Å². The molecule has 0 fully saturated rings. The monoisotopic (exact) mass is 257 g/mol. The predicted molar refractivity (Wildman–Crippen MR) is 69.8 cm³/mol. The smallest absolute Gasteiger partial charge is 0.292 e. The molecule has 0 atom stereocenters. The maximum Gasteiger partial charge on any atom is 0.292 e. The Morgan fingerprint density at radius 3 is 2.76 bits per heavy atom. The van der Waals surface area contributed by atoms with Gasteiger partial charge in [-0.2, -0.15) is 0 Å². The lowest BCUT2D eigenvalue weighted by Crippen LogP contribution is -2.16. The van der Waals surface area contributed by atoms with Crippen molar-refractivity contribution in [2.75, 3.05) is 32.5 Å². The average Bonchev–Trinajstić information content (AvgIpc) is 2.23. The van der Waals surface area contributed by atoms with Crippen molar-refractivity contribution in [1.82, 2.24) is 4.90 Å². The molecule has 1 N–H and O–H groups in total. The number of rotatable bonds is 6. The van der Waals surface area contributed by atoms with Gasteiger partial charge in [0.1, 0.15) is 5.69 Å². The quantitative estimate of drug-likeness (QED) is 0.484. The molecule has 0 aromatic heterocycles. The van der Waals surface area contributed by atoms with E-state index in [-0.39, 0.29) is 5.69 Å². The molecule has 0 saturated carbocycles. The summed E-state index contributed by atoms with van der Waals surface area (Å²) in [6, 6.07) is 4.51. The molecule has 0 saturated heterocycles. The molecular weight excluding hydrogens is 242 g/mol. The van der Waals surface area contributed by atoms with Gasteiger partial charge in [0, 0.05) is 17.6 Å². The van der Waals surface area contributed by atoms with E-state index in [4.69, 9.17) is 11.6 Å². The van der Waals surface area contributed by atoms with Gasteiger partial charge in [0.15, 0.2) is 0 Å². The zero-order chi connectivity index (χ0) is 12.8. The summed E-state index contributed by atoms with van der Waals surface area (Å²) in [5, 5.41) is 14.3. The highest BCUT2D eigenvalue weighted by Crippen LogP contribution is 2.27. The Labute approximate surface area is 106 Å². The van der Waals surface area contributed by atoms with Crippen molar-refractivity contribution < 1.29 is 4.92 Å². The standard InChI is InChI=1S/C11H16ClN3O2/c1-14(2)7-3-6-13-10-8-9(12)4-5-11(10)15(16)17/h4-5,8,13H,3,6-7H2,1-2H3. The molecule has 0 amide bonds. The van der Waals surface area contributed by atoms with Gasteiger partial charge in [0.05, 0.1) is 4.92 Å². The second-order valence-electron chi connectivity index (χ2n) is 4.00. The lowest BCUT2D eigenvalue weighted by molar-refractivity contribution is -0.384. The van der Waals surface area contributed by atoms with Crippen LogP contribution in [0, 0.1) is 10.1 Å². The third-order valence-electron chi connectivity index (χ3n) is 2.25. The maximum absolute atomic E-state index is 10.8. The van der Waals surface area contributed by atoms with Crippen molar-refractivity contribution in [1.29, 1.82) is 0 Å². The molecule has 1 rings (SSSR count). The lowest BCUT2D eigenvalue weighted by atomic mass is 10.2. The molecule has 17 heavy (non-hydrogen) atoms. The van der Waals surface area contributed by atoms with Crippen LogP contribution in [0.4, 0.5) is 11.4 Å². The highest BCUT2D eigenvalue weighted by atomic mass is 35.5. The number of nitro groups is 1. The van der Waals surface area contributed by atoms with Gasteiger partial charge in [0.2, 0.25) is 0 Å². The minimum Gasteiger partial charge on any atom is -0.379 e. The molecular formula is C11H16ClN3O2. The van der Waals surface area contributed by atoms with Crippen LogP contribution in [-0.2, 0) is 0 Å². The van der Waals surface area contributed by atoms with Crippen LogP contribution in [0.5, 0.6) is 0 Å². The van der Waals surface area contributed by atoms with Crippen molar-refractivity contribution >= 4 is 23.0 Å². The molecule has 1 aromatic rings. The van der Waals surface area contributed by atoms with Crippen molar-refractivity contribution in [3.05, 3.63) is 33.3 Å². The van der Waals surface area contributed by atoms with Gasteiger partial charge in [-0.3, -0.25) is 10.1 Å². The number of nitrogens with one attached hydrogen (secondary N) is 1. The molecule has 0 radical (unpaired) electrons. The minimum atomic E-state index is -0.412. The highest BCUT2D eigenvalue weighted by molar-refractivity contribution is 6.31. The van der Waals surface area contributed by atoms with E-state index in [9.17, 15) is 10.1 Å². The summed E-state index contributed by atoms with van der Waals surface area (Å²) in [4.78, 5) is 12.4. The van der Waals surface area contributed by atoms with Gasteiger partial charge in [-0.15, -0.1) is 0 Å². The fraction of sp³-hybridized carbons (Fsp3) is 0.455. The first kappa shape index (κ1) is 13.7. The van der Waals surface area contributed by atoms with Crippen LogP contribution in [0.3, 0.4) is 0 Å². The third-order valence-corrected chi connectivity index (χ3v) is 2.49. The molecule has 5 nitrogen and oxygen atoms in total. The molecule has 0 bridgehead atoms. The first-order chi connectivity index (χ1) is 8.00. The Balaban J connectivity index is 2.62. The lowest BCUT2D eigenvalue weighted by Gasteiger charge is -2.10. The predicted octanol–water partition coefficient (Wildman–Crippen LogP) is 2.61. The van der Waals surface area contributed by atoms with Crippen molar-refractivity contribution in [3.8, 4) is 0 Å². The maximum atomic E-state index is 10.8. The zero-order valence-electron chi connectivity index (χ0n) is 9.94. The van der Waals surface area contributed by atoms with Crippen LogP contribution in [0.25, 0.3) is 0 Å². The number of halogens is 1. The Morgan fingerprint density at radius 2 is 2.18 bits per heavy atom. The zero-order valence-corrected chi connectivity index (χ0v) is 10.7. The number of anilines is 1. The summed E-state index contributed by atoms with van der Waals surface area (Å²) in [5.41, 5.74) is 0.528. The van der Waals surface area contributed by atoms with Gasteiger partial charge in [-0.05, 0) is 39.2 Å². The first-order valence-corrected chi connectivity index (χ1v) is 5.71. The number of hydrogen-bond acceptors (Lipinski definition) is 4. The number of hydrogen-bond donors (Lipinski definition) is 1. The normalized spacial score (nSPS) is 10.6. The first-order valence-electron chi connectivity index (χ1n) is 5.33. The van der Waals surface area contributed by atoms with E-state index in [1.807, 2.05) is 14.1 Å². The second-order valence-corrected chi connectivity index (χ2v) is 4.44. The largest absolute Gasteiger partial charge is 0.379 e. The van der Waals surface area contributed by atoms with Gasteiger partial charge in [-0.1, -0.05) is 11.6 Å². The summed E-state index contributed by atoms with van der Waals surface area (Å²) in [6.45, 7) is 1.61.